The summed E-state index contributed by atoms with van der Waals surface area (Å²) in [6.07, 6.45) is 10.5. The van der Waals surface area contributed by atoms with Crippen molar-refractivity contribution >= 4 is 5.97 Å². The van der Waals surface area contributed by atoms with Gasteiger partial charge in [-0.05, 0) is 103 Å². The van der Waals surface area contributed by atoms with Crippen LogP contribution in [-0.2, 0) is 21.4 Å². The average molecular weight is 512 g/mol. The van der Waals surface area contributed by atoms with Crippen LogP contribution in [0.15, 0.2) is 10.7 Å². The number of aromatic nitrogens is 1. The van der Waals surface area contributed by atoms with E-state index in [1.807, 2.05) is 6.20 Å². The lowest BCUT2D eigenvalue weighted by Gasteiger charge is -2.73. The van der Waals surface area contributed by atoms with E-state index in [4.69, 9.17) is 9.26 Å². The van der Waals surface area contributed by atoms with Crippen LogP contribution in [0, 0.1) is 50.7 Å². The van der Waals surface area contributed by atoms with Crippen molar-refractivity contribution in [1.82, 2.24) is 5.16 Å². The highest BCUT2D eigenvalue weighted by Gasteiger charge is 2.73. The Morgan fingerprint density at radius 1 is 1.00 bits per heavy atom. The number of aliphatic hydroxyl groups is 1. The van der Waals surface area contributed by atoms with E-state index in [2.05, 4.69) is 53.6 Å². The minimum Gasteiger partial charge on any atom is -0.469 e. The Morgan fingerprint density at radius 2 is 1.70 bits per heavy atom. The van der Waals surface area contributed by atoms with Gasteiger partial charge >= 0.3 is 5.97 Å². The van der Waals surface area contributed by atoms with Crippen LogP contribution in [0.2, 0.25) is 0 Å². The number of carbonyl (C=O) groups is 1. The van der Waals surface area contributed by atoms with E-state index in [1.54, 1.807) is 7.11 Å². The molecular weight excluding hydrogens is 462 g/mol. The number of ether oxygens (including phenoxy) is 1. The quantitative estimate of drug-likeness (QED) is 0.424. The van der Waals surface area contributed by atoms with Gasteiger partial charge in [0.05, 0.1) is 24.8 Å². The lowest BCUT2D eigenvalue weighted by atomic mass is 9.31. The molecule has 0 aromatic carbocycles. The van der Waals surface area contributed by atoms with E-state index >= 15 is 0 Å². The Hall–Kier alpha value is -1.36. The van der Waals surface area contributed by atoms with E-state index in [-0.39, 0.29) is 44.9 Å². The van der Waals surface area contributed by atoms with Crippen LogP contribution in [0.3, 0.4) is 0 Å². The molecule has 0 unspecified atom stereocenters. The number of methoxy groups -OCH3 is 1. The number of esters is 1. The molecule has 0 amide bonds. The normalized spacial score (nSPS) is 49.5. The fraction of sp³-hybridized carbons (Fsp3) is 0.875. The first-order valence-electron chi connectivity index (χ1n) is 14.9. The van der Waals surface area contributed by atoms with Gasteiger partial charge in [-0.15, -0.1) is 0 Å². The summed E-state index contributed by atoms with van der Waals surface area (Å²) in [7, 11) is 1.56. The summed E-state index contributed by atoms with van der Waals surface area (Å²) in [4.78, 5) is 13.5. The molecule has 6 rings (SSSR count). The molecule has 1 heterocycles. The zero-order valence-corrected chi connectivity index (χ0v) is 24.4. The van der Waals surface area contributed by atoms with E-state index in [9.17, 15) is 9.90 Å². The Bertz CT molecular complexity index is 1110. The van der Waals surface area contributed by atoms with Gasteiger partial charge in [-0.2, -0.15) is 0 Å². The van der Waals surface area contributed by atoms with Gasteiger partial charge in [0.1, 0.15) is 5.76 Å². The van der Waals surface area contributed by atoms with E-state index in [1.165, 1.54) is 18.4 Å². The first kappa shape index (κ1) is 25.9. The Labute approximate surface area is 223 Å². The van der Waals surface area contributed by atoms with Crippen LogP contribution in [0.25, 0.3) is 0 Å². The molecule has 1 aromatic rings. The van der Waals surface area contributed by atoms with Crippen molar-refractivity contribution in [2.45, 2.75) is 118 Å². The molecule has 9 atom stereocenters. The largest absolute Gasteiger partial charge is 0.469 e. The average Bonchev–Trinajstić information content (AvgIpc) is 3.28. The van der Waals surface area contributed by atoms with Crippen molar-refractivity contribution in [2.24, 2.45) is 50.7 Å². The monoisotopic (exact) mass is 511 g/mol. The molecule has 0 radical (unpaired) electrons. The Kier molecular flexibility index (Phi) is 5.35. The van der Waals surface area contributed by atoms with E-state index < -0.39 is 11.5 Å². The molecule has 0 saturated heterocycles. The van der Waals surface area contributed by atoms with Gasteiger partial charge in [-0.3, -0.25) is 4.79 Å². The highest BCUT2D eigenvalue weighted by atomic mass is 16.5. The van der Waals surface area contributed by atoms with Gasteiger partial charge in [0.2, 0.25) is 0 Å². The third-order valence-corrected chi connectivity index (χ3v) is 13.8. The zero-order chi connectivity index (χ0) is 26.8. The lowest BCUT2D eigenvalue weighted by molar-refractivity contribution is -0.266. The topological polar surface area (TPSA) is 72.6 Å². The number of fused-ring (bicyclic) bond motifs is 8. The number of carbonyl (C=O) groups excluding carboxylic acids is 1. The molecule has 1 aromatic heterocycles. The van der Waals surface area contributed by atoms with Crippen molar-refractivity contribution < 1.29 is 19.2 Å². The van der Waals surface area contributed by atoms with Gasteiger partial charge in [0, 0.05) is 11.0 Å². The first-order chi connectivity index (χ1) is 17.2. The SMILES string of the molecule is COC(=O)[C@]12CCC(C)(C)C[C@H]1[C@H]1[C@H](O)C[C@@H]3[C@@]4(C)Cc5cnoc5C(C)(C)[C@@H]4CC[C@@]3(C)[C@]1(C)CC2. The molecule has 4 fully saturated rings. The zero-order valence-electron chi connectivity index (χ0n) is 24.4. The molecular formula is C32H49NO4. The van der Waals surface area contributed by atoms with Crippen molar-refractivity contribution in [3.63, 3.8) is 0 Å². The summed E-state index contributed by atoms with van der Waals surface area (Å²) in [5.74, 6) is 2.26. The molecule has 5 aliphatic rings. The summed E-state index contributed by atoms with van der Waals surface area (Å²) in [5.41, 5.74) is 1.10. The second-order valence-electron chi connectivity index (χ2n) is 16.0. The highest BCUT2D eigenvalue weighted by molar-refractivity contribution is 5.77. The van der Waals surface area contributed by atoms with Gasteiger partial charge in [0.25, 0.3) is 0 Å². The molecule has 206 valence electrons. The minimum atomic E-state index is -0.441. The third kappa shape index (κ3) is 3.07. The lowest BCUT2D eigenvalue weighted by Crippen LogP contribution is -2.70. The molecule has 5 heteroatoms. The number of hydrogen-bond donors (Lipinski definition) is 1. The van der Waals surface area contributed by atoms with Crippen LogP contribution in [0.5, 0.6) is 0 Å². The van der Waals surface area contributed by atoms with Gasteiger partial charge in [-0.25, -0.2) is 0 Å². The smallest absolute Gasteiger partial charge is 0.312 e. The Morgan fingerprint density at radius 3 is 2.41 bits per heavy atom. The molecule has 4 saturated carbocycles. The number of aliphatic hydroxyl groups excluding tert-OH is 1. The molecule has 5 aliphatic carbocycles. The highest BCUT2D eigenvalue weighted by Crippen LogP contribution is 2.76. The molecule has 5 nitrogen and oxygen atoms in total. The van der Waals surface area contributed by atoms with Crippen LogP contribution in [0.1, 0.15) is 111 Å². The summed E-state index contributed by atoms with van der Waals surface area (Å²) < 4.78 is 11.3. The summed E-state index contributed by atoms with van der Waals surface area (Å²) >= 11 is 0. The second-order valence-corrected chi connectivity index (χ2v) is 16.0. The van der Waals surface area contributed by atoms with E-state index in [0.717, 1.165) is 50.7 Å². The maximum Gasteiger partial charge on any atom is 0.312 e. The predicted molar refractivity (Wildman–Crippen MR) is 143 cm³/mol. The molecule has 37 heavy (non-hydrogen) atoms. The molecule has 0 bridgehead atoms. The van der Waals surface area contributed by atoms with Crippen molar-refractivity contribution in [2.75, 3.05) is 7.11 Å². The van der Waals surface area contributed by atoms with Crippen LogP contribution in [-0.4, -0.2) is 29.4 Å². The van der Waals surface area contributed by atoms with Crippen molar-refractivity contribution in [3.8, 4) is 0 Å². The minimum absolute atomic E-state index is 0.0159. The predicted octanol–water partition coefficient (Wildman–Crippen LogP) is 6.71. The van der Waals surface area contributed by atoms with Crippen LogP contribution in [0.4, 0.5) is 0 Å². The number of hydrogen-bond acceptors (Lipinski definition) is 5. The fourth-order valence-corrected chi connectivity index (χ4v) is 11.9. The van der Waals surface area contributed by atoms with E-state index in [0.29, 0.717) is 11.8 Å². The second kappa shape index (κ2) is 7.64. The number of nitrogens with zero attached hydrogens (tertiary/aromatic N) is 1. The number of rotatable bonds is 1. The third-order valence-electron chi connectivity index (χ3n) is 13.8. The summed E-state index contributed by atoms with van der Waals surface area (Å²) in [6.45, 7) is 17.0. The van der Waals surface area contributed by atoms with Crippen LogP contribution < -0.4 is 0 Å². The summed E-state index contributed by atoms with van der Waals surface area (Å²) in [6, 6.07) is 0. The maximum atomic E-state index is 13.5. The first-order valence-corrected chi connectivity index (χ1v) is 14.9. The molecule has 1 N–H and O–H groups in total. The molecule has 0 spiro atoms. The molecule has 0 aliphatic heterocycles. The van der Waals surface area contributed by atoms with Crippen molar-refractivity contribution in [1.29, 1.82) is 0 Å². The van der Waals surface area contributed by atoms with Gasteiger partial charge in [-0.1, -0.05) is 53.6 Å². The van der Waals surface area contributed by atoms with Gasteiger partial charge in [0.15, 0.2) is 0 Å². The maximum absolute atomic E-state index is 13.5. The van der Waals surface area contributed by atoms with Crippen molar-refractivity contribution in [3.05, 3.63) is 17.5 Å². The fourth-order valence-electron chi connectivity index (χ4n) is 11.9. The summed E-state index contributed by atoms with van der Waals surface area (Å²) in [5, 5.41) is 16.4. The van der Waals surface area contributed by atoms with Crippen LogP contribution >= 0.6 is 0 Å². The standard InChI is InChI=1S/C32H49NO4/c1-27(2)11-13-32(26(35)36-8)14-12-31(7)24(20(32)17-27)21(34)15-23-29(5)16-19-18-33-37-25(19)28(3,4)22(29)9-10-30(23,31)6/h18,20-24,34H,9-17H2,1-8H3/t20-,21+,22-,23+,24-,29-,30+,31+,32-/m0/s1. The van der Waals surface area contributed by atoms with Gasteiger partial charge < -0.3 is 14.4 Å². The Balaban J connectivity index is 1.45.